The van der Waals surface area contributed by atoms with Crippen molar-refractivity contribution in [3.05, 3.63) is 22.9 Å². The van der Waals surface area contributed by atoms with Crippen LogP contribution in [0.25, 0.3) is 0 Å². The smallest absolute Gasteiger partial charge is 0.144 e. The number of aromatic nitrogens is 1. The number of nitriles is 1. The van der Waals surface area contributed by atoms with E-state index in [1.54, 1.807) is 0 Å². The van der Waals surface area contributed by atoms with E-state index in [1.165, 1.54) is 0 Å². The first kappa shape index (κ1) is 13.5. The Kier molecular flexibility index (Phi) is 3.77. The third-order valence-corrected chi connectivity index (χ3v) is 3.11. The average molecular weight is 231 g/mol. The molecule has 0 aliphatic carbocycles. The lowest BCUT2D eigenvalue weighted by atomic mass is 9.88. The number of aryl methyl sites for hydroxylation is 2. The molecule has 0 spiro atoms. The molecule has 0 aliphatic heterocycles. The van der Waals surface area contributed by atoms with Gasteiger partial charge in [-0.1, -0.05) is 20.8 Å². The number of anilines is 1. The lowest BCUT2D eigenvalue weighted by molar-refractivity contribution is 0.358. The van der Waals surface area contributed by atoms with E-state index < -0.39 is 0 Å². The predicted octanol–water partition coefficient (Wildman–Crippen LogP) is 3.42. The van der Waals surface area contributed by atoms with Gasteiger partial charge in [0.15, 0.2) is 0 Å². The highest BCUT2D eigenvalue weighted by atomic mass is 15.0. The van der Waals surface area contributed by atoms with Gasteiger partial charge < -0.3 is 5.32 Å². The molecule has 0 aliphatic rings. The van der Waals surface area contributed by atoms with E-state index in [9.17, 15) is 5.26 Å². The van der Waals surface area contributed by atoms with Crippen LogP contribution in [0, 0.1) is 30.6 Å². The monoisotopic (exact) mass is 231 g/mol. The predicted molar refractivity (Wildman–Crippen MR) is 71.0 cm³/mol. The molecule has 92 valence electrons. The normalized spacial score (nSPS) is 13.0. The first-order chi connectivity index (χ1) is 7.75. The summed E-state index contributed by atoms with van der Waals surface area (Å²) < 4.78 is 0. The highest BCUT2D eigenvalue weighted by molar-refractivity contribution is 5.56. The molecule has 1 heterocycles. The van der Waals surface area contributed by atoms with Crippen molar-refractivity contribution in [2.24, 2.45) is 5.41 Å². The van der Waals surface area contributed by atoms with Crippen molar-refractivity contribution >= 4 is 5.82 Å². The fourth-order valence-corrected chi connectivity index (χ4v) is 1.50. The van der Waals surface area contributed by atoms with Crippen LogP contribution in [0.1, 0.15) is 44.5 Å². The van der Waals surface area contributed by atoms with Gasteiger partial charge >= 0.3 is 0 Å². The van der Waals surface area contributed by atoms with Crippen molar-refractivity contribution in [1.29, 1.82) is 5.26 Å². The summed E-state index contributed by atoms with van der Waals surface area (Å²) in [4.78, 5) is 4.42. The molecule has 0 radical (unpaired) electrons. The third-order valence-electron chi connectivity index (χ3n) is 3.11. The molecule has 1 rings (SSSR count). The first-order valence-electron chi connectivity index (χ1n) is 5.90. The molecule has 3 heteroatoms. The minimum atomic E-state index is 0.131. The second-order valence-electron chi connectivity index (χ2n) is 5.65. The molecule has 1 aromatic heterocycles. The maximum absolute atomic E-state index is 9.18. The Balaban J connectivity index is 3.11. The molecule has 1 N–H and O–H groups in total. The standard InChI is InChI=1S/C14H21N3/c1-9-7-10(2)16-13(12(9)8-15)17-11(3)14(4,5)6/h7,11H,1-6H3,(H,16,17). The maximum atomic E-state index is 9.18. The van der Waals surface area contributed by atoms with Crippen LogP contribution >= 0.6 is 0 Å². The van der Waals surface area contributed by atoms with Gasteiger partial charge in [0.1, 0.15) is 11.9 Å². The fourth-order valence-electron chi connectivity index (χ4n) is 1.50. The van der Waals surface area contributed by atoms with Crippen LogP contribution in [-0.2, 0) is 0 Å². The topological polar surface area (TPSA) is 48.7 Å². The fraction of sp³-hybridized carbons (Fsp3) is 0.571. The quantitative estimate of drug-likeness (QED) is 0.848. The lowest BCUT2D eigenvalue weighted by Gasteiger charge is -2.29. The van der Waals surface area contributed by atoms with Crippen LogP contribution in [0.4, 0.5) is 5.82 Å². The van der Waals surface area contributed by atoms with Gasteiger partial charge in [-0.05, 0) is 37.8 Å². The number of pyridine rings is 1. The zero-order valence-electron chi connectivity index (χ0n) is 11.5. The van der Waals surface area contributed by atoms with E-state index >= 15 is 0 Å². The summed E-state index contributed by atoms with van der Waals surface area (Å²) in [6, 6.07) is 4.41. The van der Waals surface area contributed by atoms with Crippen LogP contribution in [0.15, 0.2) is 6.07 Å². The SMILES string of the molecule is Cc1cc(C)c(C#N)c(NC(C)C(C)(C)C)n1. The minimum absolute atomic E-state index is 0.131. The largest absolute Gasteiger partial charge is 0.366 e. The molecule has 0 saturated heterocycles. The molecule has 1 aromatic rings. The molecule has 0 aromatic carbocycles. The van der Waals surface area contributed by atoms with Crippen molar-refractivity contribution in [1.82, 2.24) is 4.98 Å². The Bertz CT molecular complexity index is 450. The highest BCUT2D eigenvalue weighted by Gasteiger charge is 2.21. The molecule has 1 unspecified atom stereocenters. The summed E-state index contributed by atoms with van der Waals surface area (Å²) in [6.45, 7) is 12.5. The van der Waals surface area contributed by atoms with Gasteiger partial charge in [0.05, 0.1) is 5.56 Å². The highest BCUT2D eigenvalue weighted by Crippen LogP contribution is 2.25. The summed E-state index contributed by atoms with van der Waals surface area (Å²) in [7, 11) is 0. The van der Waals surface area contributed by atoms with Crippen LogP contribution < -0.4 is 5.32 Å². The molecule has 3 nitrogen and oxygen atoms in total. The van der Waals surface area contributed by atoms with E-state index in [0.29, 0.717) is 11.4 Å². The van der Waals surface area contributed by atoms with Gasteiger partial charge in [-0.25, -0.2) is 4.98 Å². The molecule has 17 heavy (non-hydrogen) atoms. The van der Waals surface area contributed by atoms with Gasteiger partial charge in [0.2, 0.25) is 0 Å². The lowest BCUT2D eigenvalue weighted by Crippen LogP contribution is -2.31. The van der Waals surface area contributed by atoms with E-state index in [-0.39, 0.29) is 11.5 Å². The van der Waals surface area contributed by atoms with Crippen molar-refractivity contribution in [2.75, 3.05) is 5.32 Å². The zero-order chi connectivity index (χ0) is 13.2. The zero-order valence-corrected chi connectivity index (χ0v) is 11.5. The van der Waals surface area contributed by atoms with Gasteiger partial charge in [0, 0.05) is 11.7 Å². The van der Waals surface area contributed by atoms with E-state index in [4.69, 9.17) is 0 Å². The van der Waals surface area contributed by atoms with Crippen molar-refractivity contribution in [2.45, 2.75) is 47.6 Å². The summed E-state index contributed by atoms with van der Waals surface area (Å²) in [5.74, 6) is 0.701. The Hall–Kier alpha value is -1.56. The van der Waals surface area contributed by atoms with Crippen LogP contribution in [0.2, 0.25) is 0 Å². The average Bonchev–Trinajstić information content (AvgIpc) is 2.15. The number of hydrogen-bond donors (Lipinski definition) is 1. The molecule has 1 atom stereocenters. The number of hydrogen-bond acceptors (Lipinski definition) is 3. The molecule has 0 saturated carbocycles. The third kappa shape index (κ3) is 3.20. The van der Waals surface area contributed by atoms with Crippen LogP contribution in [0.3, 0.4) is 0 Å². The molecular formula is C14H21N3. The van der Waals surface area contributed by atoms with Gasteiger partial charge in [-0.15, -0.1) is 0 Å². The molecule has 0 fully saturated rings. The Morgan fingerprint density at radius 3 is 2.41 bits per heavy atom. The van der Waals surface area contributed by atoms with E-state index in [1.807, 2.05) is 19.9 Å². The van der Waals surface area contributed by atoms with Crippen LogP contribution in [-0.4, -0.2) is 11.0 Å². The maximum Gasteiger partial charge on any atom is 0.144 e. The van der Waals surface area contributed by atoms with Crippen molar-refractivity contribution < 1.29 is 0 Å². The Labute approximate surface area is 104 Å². The number of nitrogens with zero attached hydrogens (tertiary/aromatic N) is 2. The Morgan fingerprint density at radius 1 is 1.35 bits per heavy atom. The minimum Gasteiger partial charge on any atom is -0.366 e. The summed E-state index contributed by atoms with van der Waals surface area (Å²) in [6.07, 6.45) is 0. The van der Waals surface area contributed by atoms with Gasteiger partial charge in [-0.2, -0.15) is 5.26 Å². The summed E-state index contributed by atoms with van der Waals surface area (Å²) >= 11 is 0. The van der Waals surface area contributed by atoms with E-state index in [2.05, 4.69) is 44.1 Å². The second-order valence-corrected chi connectivity index (χ2v) is 5.65. The van der Waals surface area contributed by atoms with Gasteiger partial charge in [0.25, 0.3) is 0 Å². The molecular weight excluding hydrogens is 210 g/mol. The molecule has 0 bridgehead atoms. The summed E-state index contributed by atoms with van der Waals surface area (Å²) in [5, 5.41) is 12.5. The van der Waals surface area contributed by atoms with E-state index in [0.717, 1.165) is 11.3 Å². The summed E-state index contributed by atoms with van der Waals surface area (Å²) in [5.41, 5.74) is 2.69. The second kappa shape index (κ2) is 4.75. The molecule has 0 amide bonds. The van der Waals surface area contributed by atoms with Gasteiger partial charge in [-0.3, -0.25) is 0 Å². The number of nitrogens with one attached hydrogen (secondary N) is 1. The number of rotatable bonds is 2. The first-order valence-corrected chi connectivity index (χ1v) is 5.90. The Morgan fingerprint density at radius 2 is 1.94 bits per heavy atom. The van der Waals surface area contributed by atoms with Crippen molar-refractivity contribution in [3.8, 4) is 6.07 Å². The van der Waals surface area contributed by atoms with Crippen molar-refractivity contribution in [3.63, 3.8) is 0 Å². The van der Waals surface area contributed by atoms with Crippen LogP contribution in [0.5, 0.6) is 0 Å².